The van der Waals surface area contributed by atoms with E-state index < -0.39 is 10.0 Å². The van der Waals surface area contributed by atoms with Crippen molar-refractivity contribution in [3.05, 3.63) is 36.5 Å². The minimum atomic E-state index is -3.57. The van der Waals surface area contributed by atoms with Crippen molar-refractivity contribution in [3.63, 3.8) is 0 Å². The van der Waals surface area contributed by atoms with Gasteiger partial charge in [0.05, 0.1) is 12.5 Å². The molecule has 0 aromatic carbocycles. The minimum absolute atomic E-state index is 0.185. The SMILES string of the molecule is CCn1cc(S(=O)(=O)N2CCN(C(=O)c3ccco3)CC2)cn1. The Morgan fingerprint density at radius 1 is 1.30 bits per heavy atom. The van der Waals surface area contributed by atoms with E-state index in [-0.39, 0.29) is 29.7 Å². The first-order chi connectivity index (χ1) is 11.0. The van der Waals surface area contributed by atoms with Crippen molar-refractivity contribution < 1.29 is 17.6 Å². The molecule has 0 aliphatic carbocycles. The Morgan fingerprint density at radius 3 is 2.61 bits per heavy atom. The van der Waals surface area contributed by atoms with Crippen LogP contribution in [0.25, 0.3) is 0 Å². The molecule has 1 aliphatic rings. The van der Waals surface area contributed by atoms with Crippen LogP contribution in [0.2, 0.25) is 0 Å². The van der Waals surface area contributed by atoms with E-state index in [0.29, 0.717) is 19.6 Å². The topological polar surface area (TPSA) is 88.7 Å². The van der Waals surface area contributed by atoms with Gasteiger partial charge in [-0.3, -0.25) is 9.48 Å². The minimum Gasteiger partial charge on any atom is -0.459 e. The number of furan rings is 1. The third kappa shape index (κ3) is 3.02. The number of piperazine rings is 1. The molecule has 0 spiro atoms. The van der Waals surface area contributed by atoms with E-state index in [2.05, 4.69) is 5.10 Å². The van der Waals surface area contributed by atoms with Crippen LogP contribution in [-0.2, 0) is 16.6 Å². The standard InChI is InChI=1S/C14H18N4O4S/c1-2-17-11-12(10-15-17)23(20,21)18-7-5-16(6-8-18)14(19)13-4-3-9-22-13/h3-4,9-11H,2,5-8H2,1H3. The van der Waals surface area contributed by atoms with Crippen molar-refractivity contribution in [2.75, 3.05) is 26.2 Å². The van der Waals surface area contributed by atoms with Gasteiger partial charge in [-0.2, -0.15) is 9.40 Å². The van der Waals surface area contributed by atoms with Gasteiger partial charge < -0.3 is 9.32 Å². The summed E-state index contributed by atoms with van der Waals surface area (Å²) in [4.78, 5) is 14.0. The molecule has 0 unspecified atom stereocenters. The average molecular weight is 338 g/mol. The maximum absolute atomic E-state index is 12.6. The van der Waals surface area contributed by atoms with Crippen molar-refractivity contribution in [3.8, 4) is 0 Å². The van der Waals surface area contributed by atoms with Crippen LogP contribution < -0.4 is 0 Å². The zero-order valence-corrected chi connectivity index (χ0v) is 13.6. The third-order valence-corrected chi connectivity index (χ3v) is 5.68. The van der Waals surface area contributed by atoms with Crippen LogP contribution in [0.5, 0.6) is 0 Å². The summed E-state index contributed by atoms with van der Waals surface area (Å²) in [6.45, 7) is 3.68. The summed E-state index contributed by atoms with van der Waals surface area (Å²) in [5.41, 5.74) is 0. The second kappa shape index (κ2) is 6.17. The molecule has 3 heterocycles. The van der Waals surface area contributed by atoms with Gasteiger partial charge in [0.25, 0.3) is 5.91 Å². The fourth-order valence-electron chi connectivity index (χ4n) is 2.49. The Balaban J connectivity index is 1.67. The third-order valence-electron chi connectivity index (χ3n) is 3.83. The normalized spacial score (nSPS) is 16.7. The van der Waals surface area contributed by atoms with Crippen LogP contribution in [0, 0.1) is 0 Å². The number of hydrogen-bond donors (Lipinski definition) is 0. The van der Waals surface area contributed by atoms with Crippen molar-refractivity contribution >= 4 is 15.9 Å². The van der Waals surface area contributed by atoms with Crippen LogP contribution in [0.15, 0.2) is 40.1 Å². The number of amides is 1. The number of hydrogen-bond acceptors (Lipinski definition) is 5. The number of nitrogens with zero attached hydrogens (tertiary/aromatic N) is 4. The van der Waals surface area contributed by atoms with Gasteiger partial charge in [0, 0.05) is 38.9 Å². The Morgan fingerprint density at radius 2 is 2.04 bits per heavy atom. The van der Waals surface area contributed by atoms with Crippen molar-refractivity contribution in [1.82, 2.24) is 19.0 Å². The van der Waals surface area contributed by atoms with E-state index >= 15 is 0 Å². The molecule has 3 rings (SSSR count). The number of aromatic nitrogens is 2. The predicted octanol–water partition coefficient (Wildman–Crippen LogP) is 0.643. The number of carbonyl (C=O) groups excluding carboxylic acids is 1. The summed E-state index contributed by atoms with van der Waals surface area (Å²) in [5, 5.41) is 4.01. The molecule has 0 atom stereocenters. The molecule has 2 aromatic heterocycles. The van der Waals surface area contributed by atoms with Crippen LogP contribution >= 0.6 is 0 Å². The lowest BCUT2D eigenvalue weighted by Crippen LogP contribution is -2.50. The molecule has 2 aromatic rings. The molecule has 1 fully saturated rings. The highest BCUT2D eigenvalue weighted by molar-refractivity contribution is 7.89. The first kappa shape index (κ1) is 15.8. The Kier molecular flexibility index (Phi) is 4.22. The maximum atomic E-state index is 12.6. The van der Waals surface area contributed by atoms with E-state index in [0.717, 1.165) is 0 Å². The fraction of sp³-hybridized carbons (Fsp3) is 0.429. The second-order valence-electron chi connectivity index (χ2n) is 5.21. The number of rotatable bonds is 4. The van der Waals surface area contributed by atoms with Crippen molar-refractivity contribution in [1.29, 1.82) is 0 Å². The van der Waals surface area contributed by atoms with Gasteiger partial charge in [0.1, 0.15) is 4.90 Å². The number of carbonyl (C=O) groups is 1. The van der Waals surface area contributed by atoms with Gasteiger partial charge in [0.15, 0.2) is 5.76 Å². The fourth-order valence-corrected chi connectivity index (χ4v) is 3.86. The number of sulfonamides is 1. The lowest BCUT2D eigenvalue weighted by atomic mass is 10.3. The van der Waals surface area contributed by atoms with E-state index in [1.54, 1.807) is 21.7 Å². The Hall–Kier alpha value is -2.13. The van der Waals surface area contributed by atoms with Crippen LogP contribution in [0.3, 0.4) is 0 Å². The van der Waals surface area contributed by atoms with Crippen LogP contribution in [-0.4, -0.2) is 59.5 Å². The zero-order chi connectivity index (χ0) is 16.4. The molecule has 124 valence electrons. The molecule has 0 radical (unpaired) electrons. The molecule has 1 aliphatic heterocycles. The lowest BCUT2D eigenvalue weighted by molar-refractivity contribution is 0.0666. The van der Waals surface area contributed by atoms with Crippen molar-refractivity contribution in [2.45, 2.75) is 18.4 Å². The maximum Gasteiger partial charge on any atom is 0.289 e. The summed E-state index contributed by atoms with van der Waals surface area (Å²) < 4.78 is 33.2. The van der Waals surface area contributed by atoms with Crippen LogP contribution in [0.1, 0.15) is 17.5 Å². The Labute approximate surface area is 134 Å². The van der Waals surface area contributed by atoms with Gasteiger partial charge >= 0.3 is 0 Å². The molecular weight excluding hydrogens is 320 g/mol. The molecule has 23 heavy (non-hydrogen) atoms. The highest BCUT2D eigenvalue weighted by Crippen LogP contribution is 2.18. The smallest absolute Gasteiger partial charge is 0.289 e. The molecule has 1 saturated heterocycles. The molecule has 0 saturated carbocycles. The molecule has 0 bridgehead atoms. The summed E-state index contributed by atoms with van der Waals surface area (Å²) >= 11 is 0. The second-order valence-corrected chi connectivity index (χ2v) is 7.14. The number of aryl methyl sites for hydroxylation is 1. The lowest BCUT2D eigenvalue weighted by Gasteiger charge is -2.33. The van der Waals surface area contributed by atoms with Gasteiger partial charge in [-0.1, -0.05) is 0 Å². The van der Waals surface area contributed by atoms with E-state index in [4.69, 9.17) is 4.42 Å². The quantitative estimate of drug-likeness (QED) is 0.816. The summed E-state index contributed by atoms with van der Waals surface area (Å²) in [5.74, 6) is 0.0522. The molecular formula is C14H18N4O4S. The summed E-state index contributed by atoms with van der Waals surface area (Å²) in [7, 11) is -3.57. The monoisotopic (exact) mass is 338 g/mol. The zero-order valence-electron chi connectivity index (χ0n) is 12.8. The van der Waals surface area contributed by atoms with Gasteiger partial charge in [0.2, 0.25) is 10.0 Å². The van der Waals surface area contributed by atoms with Crippen molar-refractivity contribution in [2.24, 2.45) is 0 Å². The van der Waals surface area contributed by atoms with Gasteiger partial charge in [-0.05, 0) is 19.1 Å². The average Bonchev–Trinajstić information content (AvgIpc) is 3.25. The van der Waals surface area contributed by atoms with E-state index in [1.165, 1.54) is 23.0 Å². The Bertz CT molecular complexity index is 774. The molecule has 0 N–H and O–H groups in total. The molecule has 1 amide bonds. The van der Waals surface area contributed by atoms with Crippen LogP contribution in [0.4, 0.5) is 0 Å². The highest BCUT2D eigenvalue weighted by Gasteiger charge is 2.31. The van der Waals surface area contributed by atoms with Gasteiger partial charge in [-0.25, -0.2) is 8.42 Å². The largest absolute Gasteiger partial charge is 0.459 e. The predicted molar refractivity (Wildman–Crippen MR) is 81.3 cm³/mol. The first-order valence-electron chi connectivity index (χ1n) is 7.37. The highest BCUT2D eigenvalue weighted by atomic mass is 32.2. The van der Waals surface area contributed by atoms with E-state index in [9.17, 15) is 13.2 Å². The molecule has 9 heteroatoms. The van der Waals surface area contributed by atoms with E-state index in [1.807, 2.05) is 6.92 Å². The summed E-state index contributed by atoms with van der Waals surface area (Å²) in [6, 6.07) is 3.25. The first-order valence-corrected chi connectivity index (χ1v) is 8.81. The molecule has 8 nitrogen and oxygen atoms in total. The van der Waals surface area contributed by atoms with Gasteiger partial charge in [-0.15, -0.1) is 0 Å². The summed E-state index contributed by atoms with van der Waals surface area (Å²) in [6.07, 6.45) is 4.33.